The Morgan fingerprint density at radius 2 is 1.79 bits per heavy atom. The topological polar surface area (TPSA) is 0 Å². The van der Waals surface area contributed by atoms with Gasteiger partial charge in [0.1, 0.15) is 0 Å². The number of fused-ring (bicyclic) bond motifs is 1. The molecular weight excluding hydrogens is 228 g/mol. The van der Waals surface area contributed by atoms with Crippen molar-refractivity contribution >= 4 is 6.08 Å². The first kappa shape index (κ1) is 12.2. The van der Waals surface area contributed by atoms with Gasteiger partial charge in [0, 0.05) is 0 Å². The summed E-state index contributed by atoms with van der Waals surface area (Å²) < 4.78 is 0. The highest BCUT2D eigenvalue weighted by Crippen LogP contribution is 2.36. The molecule has 0 spiro atoms. The maximum absolute atomic E-state index is 2.40. The number of hydrogen-bond acceptors (Lipinski definition) is 0. The van der Waals surface area contributed by atoms with Crippen LogP contribution < -0.4 is 0 Å². The molecule has 1 aliphatic rings. The molecule has 0 radical (unpaired) electrons. The second-order valence-electron chi connectivity index (χ2n) is 5.80. The Morgan fingerprint density at radius 1 is 1.00 bits per heavy atom. The van der Waals surface area contributed by atoms with E-state index in [9.17, 15) is 0 Å². The summed E-state index contributed by atoms with van der Waals surface area (Å²) in [5, 5.41) is 0. The second kappa shape index (κ2) is 4.70. The average molecular weight is 248 g/mol. The summed E-state index contributed by atoms with van der Waals surface area (Å²) in [6, 6.07) is 15.5. The molecule has 0 unspecified atom stereocenters. The third-order valence-electron chi connectivity index (χ3n) is 3.99. The Morgan fingerprint density at radius 3 is 2.53 bits per heavy atom. The third kappa shape index (κ3) is 2.23. The zero-order chi connectivity index (χ0) is 13.4. The van der Waals surface area contributed by atoms with Gasteiger partial charge >= 0.3 is 0 Å². The molecular formula is C19H20. The van der Waals surface area contributed by atoms with Crippen LogP contribution in [-0.4, -0.2) is 0 Å². The molecule has 0 aliphatic heterocycles. The Labute approximate surface area is 115 Å². The molecule has 0 N–H and O–H groups in total. The summed E-state index contributed by atoms with van der Waals surface area (Å²) in [4.78, 5) is 0. The number of hydrogen-bond donors (Lipinski definition) is 0. The van der Waals surface area contributed by atoms with E-state index in [1.807, 2.05) is 0 Å². The van der Waals surface area contributed by atoms with Gasteiger partial charge in [-0.2, -0.15) is 0 Å². The summed E-state index contributed by atoms with van der Waals surface area (Å²) in [6.45, 7) is 6.72. The van der Waals surface area contributed by atoms with Crippen LogP contribution in [0, 0.1) is 12.8 Å². The minimum absolute atomic E-state index is 0.637. The Hall–Kier alpha value is -1.82. The van der Waals surface area contributed by atoms with Gasteiger partial charge in [-0.1, -0.05) is 73.5 Å². The van der Waals surface area contributed by atoms with E-state index in [0.29, 0.717) is 5.92 Å². The van der Waals surface area contributed by atoms with Crippen molar-refractivity contribution in [1.29, 1.82) is 0 Å². The van der Waals surface area contributed by atoms with Gasteiger partial charge in [0.05, 0.1) is 0 Å². The van der Waals surface area contributed by atoms with Crippen molar-refractivity contribution in [3.8, 4) is 11.1 Å². The molecule has 2 aromatic rings. The lowest BCUT2D eigenvalue weighted by atomic mass is 9.96. The molecule has 0 fully saturated rings. The van der Waals surface area contributed by atoms with Crippen LogP contribution in [0.5, 0.6) is 0 Å². The van der Waals surface area contributed by atoms with Crippen molar-refractivity contribution < 1.29 is 0 Å². The van der Waals surface area contributed by atoms with Gasteiger partial charge in [-0.15, -0.1) is 0 Å². The highest BCUT2D eigenvalue weighted by atomic mass is 14.2. The zero-order valence-electron chi connectivity index (χ0n) is 11.9. The zero-order valence-corrected chi connectivity index (χ0v) is 11.9. The van der Waals surface area contributed by atoms with Crippen LogP contribution in [-0.2, 0) is 6.42 Å². The Bertz CT molecular complexity index is 645. The summed E-state index contributed by atoms with van der Waals surface area (Å²) in [7, 11) is 0. The number of rotatable bonds is 2. The summed E-state index contributed by atoms with van der Waals surface area (Å²) in [5.41, 5.74) is 8.48. The van der Waals surface area contributed by atoms with Gasteiger partial charge < -0.3 is 0 Å². The monoisotopic (exact) mass is 248 g/mol. The average Bonchev–Trinajstić information content (AvgIpc) is 2.82. The Kier molecular flexibility index (Phi) is 3.02. The summed E-state index contributed by atoms with van der Waals surface area (Å²) in [6.07, 6.45) is 3.52. The first-order valence-corrected chi connectivity index (χ1v) is 7.04. The van der Waals surface area contributed by atoms with Gasteiger partial charge in [0.15, 0.2) is 0 Å². The molecule has 0 bridgehead atoms. The van der Waals surface area contributed by atoms with Crippen LogP contribution in [0.15, 0.2) is 48.0 Å². The van der Waals surface area contributed by atoms with Crippen LogP contribution in [0.3, 0.4) is 0 Å². The first-order valence-electron chi connectivity index (χ1n) is 7.04. The molecule has 0 heteroatoms. The maximum Gasteiger partial charge on any atom is -0.00550 e. The second-order valence-corrected chi connectivity index (χ2v) is 5.80. The van der Waals surface area contributed by atoms with E-state index >= 15 is 0 Å². The Balaban J connectivity index is 2.13. The highest BCUT2D eigenvalue weighted by molar-refractivity contribution is 5.81. The van der Waals surface area contributed by atoms with E-state index < -0.39 is 0 Å². The van der Waals surface area contributed by atoms with E-state index in [0.717, 1.165) is 6.42 Å². The molecule has 0 amide bonds. The lowest BCUT2D eigenvalue weighted by Crippen LogP contribution is -1.92. The van der Waals surface area contributed by atoms with Gasteiger partial charge in [-0.05, 0) is 41.5 Å². The van der Waals surface area contributed by atoms with Gasteiger partial charge in [-0.25, -0.2) is 0 Å². The highest BCUT2D eigenvalue weighted by Gasteiger charge is 2.18. The maximum atomic E-state index is 2.40. The molecule has 0 atom stereocenters. The number of benzene rings is 2. The van der Waals surface area contributed by atoms with Crippen LogP contribution in [0.1, 0.15) is 30.5 Å². The molecule has 3 rings (SSSR count). The van der Waals surface area contributed by atoms with Crippen LogP contribution in [0.4, 0.5) is 0 Å². The van der Waals surface area contributed by atoms with Crippen molar-refractivity contribution in [3.05, 3.63) is 64.7 Å². The van der Waals surface area contributed by atoms with E-state index in [1.165, 1.54) is 27.8 Å². The minimum atomic E-state index is 0.637. The molecule has 0 heterocycles. The number of aryl methyl sites for hydroxylation is 1. The SMILES string of the molecule is Cc1cccc(-c2cccc3c2C=C(C(C)C)C3)c1. The molecule has 1 aliphatic carbocycles. The molecule has 0 aromatic heterocycles. The van der Waals surface area contributed by atoms with Gasteiger partial charge in [0.2, 0.25) is 0 Å². The normalized spacial score (nSPS) is 13.6. The van der Waals surface area contributed by atoms with Crippen LogP contribution in [0.2, 0.25) is 0 Å². The largest absolute Gasteiger partial charge is 0.0626 e. The molecule has 0 saturated heterocycles. The summed E-state index contributed by atoms with van der Waals surface area (Å²) >= 11 is 0. The van der Waals surface area contributed by atoms with Crippen molar-refractivity contribution in [2.45, 2.75) is 27.2 Å². The minimum Gasteiger partial charge on any atom is -0.0626 e. The van der Waals surface area contributed by atoms with Gasteiger partial charge in [-0.3, -0.25) is 0 Å². The van der Waals surface area contributed by atoms with Crippen molar-refractivity contribution in [1.82, 2.24) is 0 Å². The fourth-order valence-corrected chi connectivity index (χ4v) is 2.83. The third-order valence-corrected chi connectivity index (χ3v) is 3.99. The molecule has 96 valence electrons. The predicted molar refractivity (Wildman–Crippen MR) is 83.1 cm³/mol. The fourth-order valence-electron chi connectivity index (χ4n) is 2.83. The first-order chi connectivity index (χ1) is 9.15. The number of allylic oxidation sites excluding steroid dienone is 1. The fraction of sp³-hybridized carbons (Fsp3) is 0.263. The van der Waals surface area contributed by atoms with E-state index in [1.54, 1.807) is 5.57 Å². The van der Waals surface area contributed by atoms with Crippen LogP contribution >= 0.6 is 0 Å². The lowest BCUT2D eigenvalue weighted by Gasteiger charge is -2.08. The molecule has 2 aromatic carbocycles. The van der Waals surface area contributed by atoms with Crippen molar-refractivity contribution in [2.75, 3.05) is 0 Å². The van der Waals surface area contributed by atoms with E-state index in [2.05, 4.69) is 69.3 Å². The van der Waals surface area contributed by atoms with Gasteiger partial charge in [0.25, 0.3) is 0 Å². The smallest absolute Gasteiger partial charge is 0.00550 e. The predicted octanol–water partition coefficient (Wildman–Crippen LogP) is 5.26. The van der Waals surface area contributed by atoms with Crippen LogP contribution in [0.25, 0.3) is 17.2 Å². The molecule has 0 saturated carbocycles. The standard InChI is InChI=1S/C19H20/c1-13(2)17-11-16-8-5-9-18(19(16)12-17)15-7-4-6-14(3)10-15/h4-10,12-13H,11H2,1-3H3. The van der Waals surface area contributed by atoms with E-state index in [-0.39, 0.29) is 0 Å². The molecule has 19 heavy (non-hydrogen) atoms. The van der Waals surface area contributed by atoms with Crippen molar-refractivity contribution in [2.24, 2.45) is 5.92 Å². The van der Waals surface area contributed by atoms with Crippen molar-refractivity contribution in [3.63, 3.8) is 0 Å². The molecule has 0 nitrogen and oxygen atoms in total. The quantitative estimate of drug-likeness (QED) is 0.680. The van der Waals surface area contributed by atoms with E-state index in [4.69, 9.17) is 0 Å². The summed E-state index contributed by atoms with van der Waals surface area (Å²) in [5.74, 6) is 0.637. The lowest BCUT2D eigenvalue weighted by molar-refractivity contribution is 0.754.